The zero-order valence-corrected chi connectivity index (χ0v) is 7.62. The number of para-hydroxylation sites is 1. The van der Waals surface area contributed by atoms with Crippen LogP contribution >= 0.6 is 0 Å². The quantitative estimate of drug-likeness (QED) is 0.735. The highest BCUT2D eigenvalue weighted by molar-refractivity contribution is 5.49. The van der Waals surface area contributed by atoms with Crippen LogP contribution < -0.4 is 15.2 Å². The Morgan fingerprint density at radius 3 is 3.15 bits per heavy atom. The van der Waals surface area contributed by atoms with Gasteiger partial charge in [0.15, 0.2) is 11.5 Å². The van der Waals surface area contributed by atoms with E-state index in [1.165, 1.54) is 5.56 Å². The van der Waals surface area contributed by atoms with E-state index in [9.17, 15) is 0 Å². The normalized spacial score (nSPS) is 19.4. The fraction of sp³-hybridized carbons (Fsp3) is 0.400. The fourth-order valence-corrected chi connectivity index (χ4v) is 1.60. The molecule has 2 rings (SSSR count). The van der Waals surface area contributed by atoms with Crippen LogP contribution in [0.1, 0.15) is 5.56 Å². The van der Waals surface area contributed by atoms with Gasteiger partial charge in [-0.25, -0.2) is 0 Å². The van der Waals surface area contributed by atoms with Gasteiger partial charge in [-0.2, -0.15) is 0 Å². The summed E-state index contributed by atoms with van der Waals surface area (Å²) in [7, 11) is 1.65. The molecule has 1 heterocycles. The molecule has 0 bridgehead atoms. The molecular weight excluding hydrogens is 166 g/mol. The monoisotopic (exact) mass is 179 g/mol. The molecular formula is C10H13NO2. The first-order valence-corrected chi connectivity index (χ1v) is 4.37. The Morgan fingerprint density at radius 2 is 2.46 bits per heavy atom. The van der Waals surface area contributed by atoms with Gasteiger partial charge in [-0.15, -0.1) is 0 Å². The fourth-order valence-electron chi connectivity index (χ4n) is 1.60. The molecule has 3 heteroatoms. The van der Waals surface area contributed by atoms with Gasteiger partial charge in [0.25, 0.3) is 0 Å². The average molecular weight is 179 g/mol. The smallest absolute Gasteiger partial charge is 0.164 e. The van der Waals surface area contributed by atoms with Gasteiger partial charge in [-0.05, 0) is 6.07 Å². The minimum Gasteiger partial charge on any atom is -0.493 e. The van der Waals surface area contributed by atoms with Crippen LogP contribution in [0.25, 0.3) is 0 Å². The molecule has 0 radical (unpaired) electrons. The van der Waals surface area contributed by atoms with E-state index in [2.05, 4.69) is 0 Å². The summed E-state index contributed by atoms with van der Waals surface area (Å²) in [5, 5.41) is 0. The molecule has 1 aliphatic rings. The van der Waals surface area contributed by atoms with Gasteiger partial charge in [-0.3, -0.25) is 0 Å². The van der Waals surface area contributed by atoms with Crippen molar-refractivity contribution >= 4 is 0 Å². The number of hydrogen-bond donors (Lipinski definition) is 1. The molecule has 0 aromatic heterocycles. The average Bonchev–Trinajstić information content (AvgIpc) is 2.59. The third-order valence-electron chi connectivity index (χ3n) is 2.28. The van der Waals surface area contributed by atoms with Gasteiger partial charge in [0.1, 0.15) is 6.10 Å². The van der Waals surface area contributed by atoms with Crippen LogP contribution in [0.5, 0.6) is 11.5 Å². The first-order valence-electron chi connectivity index (χ1n) is 4.37. The highest BCUT2D eigenvalue weighted by Crippen LogP contribution is 2.37. The number of rotatable bonds is 2. The Balaban J connectivity index is 2.33. The molecule has 0 saturated carbocycles. The van der Waals surface area contributed by atoms with E-state index in [0.29, 0.717) is 6.54 Å². The summed E-state index contributed by atoms with van der Waals surface area (Å²) in [5.41, 5.74) is 6.73. The SMILES string of the molecule is COc1cccc2c1O[C@@H](CN)C2. The van der Waals surface area contributed by atoms with Crippen LogP contribution in [-0.4, -0.2) is 19.8 Å². The van der Waals surface area contributed by atoms with Crippen molar-refractivity contribution in [2.75, 3.05) is 13.7 Å². The molecule has 2 N–H and O–H groups in total. The van der Waals surface area contributed by atoms with Crippen LogP contribution in [0, 0.1) is 0 Å². The Bertz CT molecular complexity index is 312. The Labute approximate surface area is 77.5 Å². The maximum Gasteiger partial charge on any atom is 0.164 e. The maximum absolute atomic E-state index is 5.63. The third kappa shape index (κ3) is 1.35. The minimum atomic E-state index is 0.117. The molecule has 13 heavy (non-hydrogen) atoms. The maximum atomic E-state index is 5.63. The largest absolute Gasteiger partial charge is 0.493 e. The highest BCUT2D eigenvalue weighted by Gasteiger charge is 2.24. The standard InChI is InChI=1S/C10H13NO2/c1-12-9-4-2-3-7-5-8(6-11)13-10(7)9/h2-4,8H,5-6,11H2,1H3/t8-/m1/s1. The van der Waals surface area contributed by atoms with Crippen LogP contribution in [0.15, 0.2) is 18.2 Å². The van der Waals surface area contributed by atoms with E-state index in [1.54, 1.807) is 7.11 Å². The lowest BCUT2D eigenvalue weighted by Gasteiger charge is -2.08. The molecule has 1 aromatic rings. The number of methoxy groups -OCH3 is 1. The molecule has 0 spiro atoms. The summed E-state index contributed by atoms with van der Waals surface area (Å²) >= 11 is 0. The third-order valence-corrected chi connectivity index (χ3v) is 2.28. The van der Waals surface area contributed by atoms with Crippen molar-refractivity contribution < 1.29 is 9.47 Å². The second-order valence-corrected chi connectivity index (χ2v) is 3.13. The zero-order valence-electron chi connectivity index (χ0n) is 7.62. The second kappa shape index (κ2) is 3.26. The van der Waals surface area contributed by atoms with Crippen LogP contribution in [0.2, 0.25) is 0 Å². The molecule has 0 amide bonds. The lowest BCUT2D eigenvalue weighted by atomic mass is 10.1. The number of nitrogens with two attached hydrogens (primary N) is 1. The molecule has 1 aromatic carbocycles. The summed E-state index contributed by atoms with van der Waals surface area (Å²) in [6, 6.07) is 5.92. The molecule has 0 unspecified atom stereocenters. The lowest BCUT2D eigenvalue weighted by Crippen LogP contribution is -2.24. The minimum absolute atomic E-state index is 0.117. The lowest BCUT2D eigenvalue weighted by molar-refractivity contribution is 0.231. The summed E-state index contributed by atoms with van der Waals surface area (Å²) in [4.78, 5) is 0. The predicted molar refractivity (Wildman–Crippen MR) is 50.2 cm³/mol. The van der Waals surface area contributed by atoms with E-state index >= 15 is 0 Å². The van der Waals surface area contributed by atoms with E-state index in [1.807, 2.05) is 18.2 Å². The van der Waals surface area contributed by atoms with E-state index in [4.69, 9.17) is 15.2 Å². The van der Waals surface area contributed by atoms with Gasteiger partial charge < -0.3 is 15.2 Å². The van der Waals surface area contributed by atoms with Crippen molar-refractivity contribution in [3.05, 3.63) is 23.8 Å². The predicted octanol–water partition coefficient (Wildman–Crippen LogP) is 0.957. The highest BCUT2D eigenvalue weighted by atomic mass is 16.5. The van der Waals surface area contributed by atoms with Crippen molar-refractivity contribution in [2.45, 2.75) is 12.5 Å². The van der Waals surface area contributed by atoms with Crippen LogP contribution in [0.4, 0.5) is 0 Å². The topological polar surface area (TPSA) is 44.5 Å². The summed E-state index contributed by atoms with van der Waals surface area (Å²) < 4.78 is 10.8. The number of ether oxygens (including phenoxy) is 2. The zero-order chi connectivity index (χ0) is 9.26. The van der Waals surface area contributed by atoms with E-state index in [-0.39, 0.29) is 6.10 Å². The van der Waals surface area contributed by atoms with Crippen LogP contribution in [0.3, 0.4) is 0 Å². The first kappa shape index (κ1) is 8.38. The Hall–Kier alpha value is -1.22. The van der Waals surface area contributed by atoms with E-state index in [0.717, 1.165) is 17.9 Å². The molecule has 1 atom stereocenters. The van der Waals surface area contributed by atoms with Gasteiger partial charge in [0.05, 0.1) is 7.11 Å². The number of fused-ring (bicyclic) bond motifs is 1. The van der Waals surface area contributed by atoms with Crippen LogP contribution in [-0.2, 0) is 6.42 Å². The van der Waals surface area contributed by atoms with Crippen molar-refractivity contribution in [3.63, 3.8) is 0 Å². The summed E-state index contributed by atoms with van der Waals surface area (Å²) in [6.45, 7) is 0.553. The van der Waals surface area contributed by atoms with E-state index < -0.39 is 0 Å². The van der Waals surface area contributed by atoms with Crippen molar-refractivity contribution in [1.29, 1.82) is 0 Å². The molecule has 0 aliphatic carbocycles. The van der Waals surface area contributed by atoms with Crippen molar-refractivity contribution in [2.24, 2.45) is 5.73 Å². The molecule has 0 fully saturated rings. The van der Waals surface area contributed by atoms with Gasteiger partial charge in [0.2, 0.25) is 0 Å². The van der Waals surface area contributed by atoms with Crippen molar-refractivity contribution in [1.82, 2.24) is 0 Å². The van der Waals surface area contributed by atoms with Gasteiger partial charge in [0, 0.05) is 18.5 Å². The van der Waals surface area contributed by atoms with Gasteiger partial charge >= 0.3 is 0 Å². The second-order valence-electron chi connectivity index (χ2n) is 3.13. The summed E-state index contributed by atoms with van der Waals surface area (Å²) in [6.07, 6.45) is 1.01. The first-order chi connectivity index (χ1) is 6.35. The summed E-state index contributed by atoms with van der Waals surface area (Å²) in [5.74, 6) is 1.66. The molecule has 3 nitrogen and oxygen atoms in total. The van der Waals surface area contributed by atoms with Crippen molar-refractivity contribution in [3.8, 4) is 11.5 Å². The molecule has 70 valence electrons. The number of benzene rings is 1. The Kier molecular flexibility index (Phi) is 2.10. The van der Waals surface area contributed by atoms with Gasteiger partial charge in [-0.1, -0.05) is 12.1 Å². The molecule has 0 saturated heterocycles. The molecule has 1 aliphatic heterocycles. The number of hydrogen-bond acceptors (Lipinski definition) is 3. The Morgan fingerprint density at radius 1 is 1.62 bits per heavy atom.